The molecular weight excluding hydrogens is 360 g/mol. The zero-order valence-electron chi connectivity index (χ0n) is 14.5. The molecule has 2 heterocycles. The molecule has 1 amide bonds. The van der Waals surface area contributed by atoms with E-state index in [9.17, 15) is 13.2 Å². The molecule has 0 N–H and O–H groups in total. The number of thioether (sulfide) groups is 1. The number of hydrogen-bond donors (Lipinski definition) is 0. The molecule has 2 aliphatic heterocycles. The lowest BCUT2D eigenvalue weighted by molar-refractivity contribution is -0.118. The van der Waals surface area contributed by atoms with Crippen LogP contribution in [-0.4, -0.2) is 49.4 Å². The van der Waals surface area contributed by atoms with Gasteiger partial charge in [-0.1, -0.05) is 31.7 Å². The average Bonchev–Trinajstić information content (AvgIpc) is 2.97. The third-order valence-corrected chi connectivity index (χ3v) is 7.41. The molecular formula is C17H22N2O4S2. The maximum atomic E-state index is 12.2. The molecule has 8 heteroatoms. The van der Waals surface area contributed by atoms with Gasteiger partial charge < -0.3 is 9.64 Å². The van der Waals surface area contributed by atoms with Crippen molar-refractivity contribution in [3.8, 4) is 5.75 Å². The first-order chi connectivity index (χ1) is 11.8. The van der Waals surface area contributed by atoms with Crippen molar-refractivity contribution in [2.45, 2.75) is 31.6 Å². The number of amides is 1. The van der Waals surface area contributed by atoms with Gasteiger partial charge >= 0.3 is 0 Å². The van der Waals surface area contributed by atoms with Crippen LogP contribution in [0.2, 0.25) is 0 Å². The highest BCUT2D eigenvalue weighted by Gasteiger charge is 2.49. The normalized spacial score (nSPS) is 26.2. The van der Waals surface area contributed by atoms with Crippen LogP contribution in [0.5, 0.6) is 5.75 Å². The van der Waals surface area contributed by atoms with Crippen LogP contribution in [-0.2, 0) is 14.6 Å². The van der Waals surface area contributed by atoms with Crippen molar-refractivity contribution < 1.29 is 17.9 Å². The van der Waals surface area contributed by atoms with Crippen LogP contribution in [0.4, 0.5) is 5.69 Å². The van der Waals surface area contributed by atoms with Crippen LogP contribution in [0.1, 0.15) is 20.3 Å². The molecule has 1 aromatic rings. The molecule has 0 aromatic heterocycles. The fraction of sp³-hybridized carbons (Fsp3) is 0.529. The van der Waals surface area contributed by atoms with Crippen LogP contribution in [0, 0.1) is 5.92 Å². The number of aliphatic imine (C=N–C) groups is 1. The standard InChI is InChI=1S/C17H22N2O4S2/c1-11(2)7-16(20)18-17-19(12-5-4-6-13(8-12)23-3)14-9-25(21,22)10-15(14)24-17/h4-6,8,11,14-15H,7,9-10H2,1-3H3. The Kier molecular flexibility index (Phi) is 5.11. The molecule has 2 fully saturated rings. The van der Waals surface area contributed by atoms with Gasteiger partial charge in [0.2, 0.25) is 5.91 Å². The number of nitrogens with zero attached hydrogens (tertiary/aromatic N) is 2. The number of sulfone groups is 1. The fourth-order valence-electron chi connectivity index (χ4n) is 3.13. The smallest absolute Gasteiger partial charge is 0.248 e. The molecule has 2 aliphatic rings. The van der Waals surface area contributed by atoms with Crippen molar-refractivity contribution in [2.75, 3.05) is 23.5 Å². The Balaban J connectivity index is 1.97. The van der Waals surface area contributed by atoms with E-state index in [1.807, 2.05) is 43.0 Å². The molecule has 2 atom stereocenters. The predicted octanol–water partition coefficient (Wildman–Crippen LogP) is 2.34. The van der Waals surface area contributed by atoms with Gasteiger partial charge in [0.1, 0.15) is 5.75 Å². The molecule has 0 radical (unpaired) electrons. The van der Waals surface area contributed by atoms with Crippen molar-refractivity contribution in [1.29, 1.82) is 0 Å². The van der Waals surface area contributed by atoms with Gasteiger partial charge in [-0.2, -0.15) is 4.99 Å². The molecule has 0 bridgehead atoms. The van der Waals surface area contributed by atoms with E-state index in [1.165, 1.54) is 11.8 Å². The van der Waals surface area contributed by atoms with Crippen LogP contribution in [0.3, 0.4) is 0 Å². The second-order valence-electron chi connectivity index (χ2n) is 6.76. The second kappa shape index (κ2) is 6.99. The quantitative estimate of drug-likeness (QED) is 0.796. The summed E-state index contributed by atoms with van der Waals surface area (Å²) in [5.41, 5.74) is 0.799. The Bertz CT molecular complexity index is 805. The molecule has 25 heavy (non-hydrogen) atoms. The van der Waals surface area contributed by atoms with E-state index in [0.29, 0.717) is 17.3 Å². The van der Waals surface area contributed by atoms with Crippen LogP contribution < -0.4 is 9.64 Å². The van der Waals surface area contributed by atoms with E-state index in [-0.39, 0.29) is 34.6 Å². The van der Waals surface area contributed by atoms with E-state index in [0.717, 1.165) is 5.69 Å². The minimum absolute atomic E-state index is 0.0826. The molecule has 2 saturated heterocycles. The van der Waals surface area contributed by atoms with Gasteiger partial charge in [0.05, 0.1) is 24.7 Å². The predicted molar refractivity (Wildman–Crippen MR) is 101 cm³/mol. The summed E-state index contributed by atoms with van der Waals surface area (Å²) < 4.78 is 29.4. The number of amidine groups is 1. The van der Waals surface area contributed by atoms with Crippen molar-refractivity contribution in [1.82, 2.24) is 0 Å². The zero-order chi connectivity index (χ0) is 18.2. The second-order valence-corrected chi connectivity index (χ2v) is 10.1. The highest BCUT2D eigenvalue weighted by Crippen LogP contribution is 2.41. The fourth-order valence-corrected chi connectivity index (χ4v) is 7.06. The molecule has 2 unspecified atom stereocenters. The Morgan fingerprint density at radius 2 is 2.16 bits per heavy atom. The van der Waals surface area contributed by atoms with Gasteiger partial charge in [-0.15, -0.1) is 0 Å². The number of rotatable bonds is 4. The first-order valence-electron chi connectivity index (χ1n) is 8.21. The van der Waals surface area contributed by atoms with Crippen molar-refractivity contribution >= 4 is 38.4 Å². The van der Waals surface area contributed by atoms with Crippen molar-refractivity contribution in [3.63, 3.8) is 0 Å². The molecule has 136 valence electrons. The van der Waals surface area contributed by atoms with Crippen LogP contribution in [0.15, 0.2) is 29.3 Å². The molecule has 1 aromatic carbocycles. The summed E-state index contributed by atoms with van der Waals surface area (Å²) in [6.45, 7) is 3.95. The summed E-state index contributed by atoms with van der Waals surface area (Å²) in [6, 6.07) is 7.21. The molecule has 0 saturated carbocycles. The van der Waals surface area contributed by atoms with E-state index >= 15 is 0 Å². The number of fused-ring (bicyclic) bond motifs is 1. The lowest BCUT2D eigenvalue weighted by Gasteiger charge is -2.24. The van der Waals surface area contributed by atoms with E-state index in [2.05, 4.69) is 4.99 Å². The number of ether oxygens (including phenoxy) is 1. The van der Waals surface area contributed by atoms with Crippen molar-refractivity contribution in [2.24, 2.45) is 10.9 Å². The molecule has 3 rings (SSSR count). The van der Waals surface area contributed by atoms with Crippen molar-refractivity contribution in [3.05, 3.63) is 24.3 Å². The Hall–Kier alpha value is -1.54. The van der Waals surface area contributed by atoms with Gasteiger partial charge in [0.15, 0.2) is 15.0 Å². The number of carbonyl (C=O) groups excluding carboxylic acids is 1. The van der Waals surface area contributed by atoms with Crippen LogP contribution in [0.25, 0.3) is 0 Å². The molecule has 6 nitrogen and oxygen atoms in total. The van der Waals surface area contributed by atoms with Crippen LogP contribution >= 0.6 is 11.8 Å². The zero-order valence-corrected chi connectivity index (χ0v) is 16.1. The summed E-state index contributed by atoms with van der Waals surface area (Å²) in [5.74, 6) is 0.945. The highest BCUT2D eigenvalue weighted by atomic mass is 32.2. The summed E-state index contributed by atoms with van der Waals surface area (Å²) in [4.78, 5) is 18.4. The summed E-state index contributed by atoms with van der Waals surface area (Å²) in [6.07, 6.45) is 0.379. The van der Waals surface area contributed by atoms with E-state index in [4.69, 9.17) is 4.74 Å². The summed E-state index contributed by atoms with van der Waals surface area (Å²) in [5, 5.41) is 0.491. The first kappa shape index (κ1) is 18.3. The minimum atomic E-state index is -3.07. The molecule has 0 spiro atoms. The Morgan fingerprint density at radius 3 is 2.84 bits per heavy atom. The lowest BCUT2D eigenvalue weighted by Crippen LogP contribution is -2.37. The Labute approximate surface area is 152 Å². The maximum Gasteiger partial charge on any atom is 0.248 e. The number of methoxy groups -OCH3 is 1. The number of anilines is 1. The van der Waals surface area contributed by atoms with E-state index < -0.39 is 9.84 Å². The van der Waals surface area contributed by atoms with E-state index in [1.54, 1.807) is 7.11 Å². The largest absolute Gasteiger partial charge is 0.497 e. The molecule has 0 aliphatic carbocycles. The lowest BCUT2D eigenvalue weighted by atomic mass is 10.1. The summed E-state index contributed by atoms with van der Waals surface area (Å²) in [7, 11) is -1.48. The highest BCUT2D eigenvalue weighted by molar-refractivity contribution is 8.16. The maximum absolute atomic E-state index is 12.2. The average molecular weight is 383 g/mol. The third-order valence-electron chi connectivity index (χ3n) is 4.20. The SMILES string of the molecule is COc1cccc(N2C(=NC(=O)CC(C)C)SC3CS(=O)(=O)CC32)c1. The number of benzene rings is 1. The van der Waals surface area contributed by atoms with Gasteiger partial charge in [0.25, 0.3) is 0 Å². The number of carbonyl (C=O) groups is 1. The van der Waals surface area contributed by atoms with Gasteiger partial charge in [-0.3, -0.25) is 4.79 Å². The van der Waals surface area contributed by atoms with Gasteiger partial charge in [0, 0.05) is 23.4 Å². The van der Waals surface area contributed by atoms with Gasteiger partial charge in [-0.25, -0.2) is 8.42 Å². The topological polar surface area (TPSA) is 76.0 Å². The summed E-state index contributed by atoms with van der Waals surface area (Å²) >= 11 is 1.39. The first-order valence-corrected chi connectivity index (χ1v) is 10.9. The Morgan fingerprint density at radius 1 is 1.40 bits per heavy atom. The third kappa shape index (κ3) is 4.00. The minimum Gasteiger partial charge on any atom is -0.497 e. The monoisotopic (exact) mass is 382 g/mol. The van der Waals surface area contributed by atoms with Gasteiger partial charge in [-0.05, 0) is 18.1 Å². The number of hydrogen-bond acceptors (Lipinski definition) is 5.